The van der Waals surface area contributed by atoms with Crippen LogP contribution in [0.3, 0.4) is 0 Å². The third-order valence-corrected chi connectivity index (χ3v) is 3.06. The minimum atomic E-state index is -1.08. The number of rotatable bonds is 5. The van der Waals surface area contributed by atoms with Crippen LogP contribution in [0.4, 0.5) is 11.5 Å². The molecule has 0 aliphatic heterocycles. The fourth-order valence-electron chi connectivity index (χ4n) is 1.76. The molecule has 110 valence electrons. The highest BCUT2D eigenvalue weighted by Crippen LogP contribution is 2.37. The zero-order valence-electron chi connectivity index (χ0n) is 11.4. The number of pyridine rings is 1. The summed E-state index contributed by atoms with van der Waals surface area (Å²) in [5, 5.41) is 12.4. The highest BCUT2D eigenvalue weighted by atomic mass is 35.5. The maximum absolute atomic E-state index is 11.2. The molecule has 0 spiro atoms. The van der Waals surface area contributed by atoms with Gasteiger partial charge in [-0.1, -0.05) is 11.6 Å². The summed E-state index contributed by atoms with van der Waals surface area (Å²) in [5.41, 5.74) is 0.538. The van der Waals surface area contributed by atoms with Crippen molar-refractivity contribution in [2.24, 2.45) is 0 Å². The third kappa shape index (κ3) is 3.17. The average molecular weight is 309 g/mol. The summed E-state index contributed by atoms with van der Waals surface area (Å²) in [5.74, 6) is 0.0329. The van der Waals surface area contributed by atoms with Crippen LogP contribution in [0.25, 0.3) is 0 Å². The van der Waals surface area contributed by atoms with E-state index in [1.54, 1.807) is 18.2 Å². The second kappa shape index (κ2) is 6.32. The molecule has 0 amide bonds. The van der Waals surface area contributed by atoms with E-state index in [0.29, 0.717) is 22.2 Å². The van der Waals surface area contributed by atoms with Gasteiger partial charge in [0, 0.05) is 12.3 Å². The first-order valence-electron chi connectivity index (χ1n) is 5.93. The summed E-state index contributed by atoms with van der Waals surface area (Å²) < 4.78 is 10.3. The van der Waals surface area contributed by atoms with Crippen LogP contribution < -0.4 is 14.8 Å². The molecule has 2 rings (SSSR count). The van der Waals surface area contributed by atoms with Gasteiger partial charge in [0.25, 0.3) is 0 Å². The molecule has 0 saturated heterocycles. The van der Waals surface area contributed by atoms with E-state index in [4.69, 9.17) is 26.2 Å². The number of methoxy groups -OCH3 is 2. The molecule has 0 unspecified atom stereocenters. The van der Waals surface area contributed by atoms with E-state index >= 15 is 0 Å². The number of hydrogen-bond acceptors (Lipinski definition) is 5. The quantitative estimate of drug-likeness (QED) is 0.883. The molecule has 7 heteroatoms. The molecule has 1 aromatic heterocycles. The third-order valence-electron chi connectivity index (χ3n) is 2.77. The van der Waals surface area contributed by atoms with Crippen LogP contribution in [0.5, 0.6) is 11.5 Å². The van der Waals surface area contributed by atoms with E-state index in [1.165, 1.54) is 26.5 Å². The van der Waals surface area contributed by atoms with Crippen LogP contribution in [0, 0.1) is 0 Å². The Hall–Kier alpha value is -2.47. The van der Waals surface area contributed by atoms with Crippen molar-refractivity contribution < 1.29 is 19.4 Å². The maximum atomic E-state index is 11.2. The summed E-state index contributed by atoms with van der Waals surface area (Å²) in [6, 6.07) is 6.19. The number of ether oxygens (including phenoxy) is 2. The van der Waals surface area contributed by atoms with Gasteiger partial charge < -0.3 is 19.9 Å². The summed E-state index contributed by atoms with van der Waals surface area (Å²) in [4.78, 5) is 15.2. The second-order valence-corrected chi connectivity index (χ2v) is 4.42. The van der Waals surface area contributed by atoms with Crippen LogP contribution in [-0.4, -0.2) is 30.3 Å². The first kappa shape index (κ1) is 14.9. The van der Waals surface area contributed by atoms with Gasteiger partial charge in [-0.15, -0.1) is 0 Å². The van der Waals surface area contributed by atoms with Crippen molar-refractivity contribution in [2.45, 2.75) is 0 Å². The number of anilines is 2. The highest BCUT2D eigenvalue weighted by molar-refractivity contribution is 6.32. The number of aromatic carboxylic acids is 1. The summed E-state index contributed by atoms with van der Waals surface area (Å²) >= 11 is 6.07. The molecule has 0 fully saturated rings. The van der Waals surface area contributed by atoms with Gasteiger partial charge in [-0.05, 0) is 18.2 Å². The lowest BCUT2D eigenvalue weighted by Gasteiger charge is -2.14. The summed E-state index contributed by atoms with van der Waals surface area (Å²) in [6.45, 7) is 0. The Labute approximate surface area is 126 Å². The van der Waals surface area contributed by atoms with E-state index < -0.39 is 5.97 Å². The fourth-order valence-corrected chi connectivity index (χ4v) is 2.00. The molecule has 2 aromatic rings. The minimum absolute atomic E-state index is 0.0477. The number of hydrogen-bond donors (Lipinski definition) is 2. The van der Waals surface area contributed by atoms with Crippen LogP contribution in [0.1, 0.15) is 10.4 Å². The Balaban J connectivity index is 2.44. The predicted molar refractivity (Wildman–Crippen MR) is 79.0 cm³/mol. The van der Waals surface area contributed by atoms with Gasteiger partial charge in [0.2, 0.25) is 0 Å². The van der Waals surface area contributed by atoms with Crippen LogP contribution in [0.15, 0.2) is 30.5 Å². The lowest BCUT2D eigenvalue weighted by molar-refractivity contribution is 0.0697. The van der Waals surface area contributed by atoms with Gasteiger partial charge in [-0.25, -0.2) is 9.78 Å². The largest absolute Gasteiger partial charge is 0.495 e. The van der Waals surface area contributed by atoms with E-state index in [-0.39, 0.29) is 11.4 Å². The van der Waals surface area contributed by atoms with E-state index in [2.05, 4.69) is 10.3 Å². The monoisotopic (exact) mass is 308 g/mol. The standard InChI is InChI=1S/C14H13ClN2O4/c1-20-11-7-12(21-2)10(6-9(11)15)17-13-8(14(18)19)4-3-5-16-13/h3-7H,1-2H3,(H,16,17)(H,18,19). The number of nitrogens with zero attached hydrogens (tertiary/aromatic N) is 1. The van der Waals surface area contributed by atoms with Gasteiger partial charge in [-0.2, -0.15) is 0 Å². The van der Waals surface area contributed by atoms with Crippen molar-refractivity contribution in [1.29, 1.82) is 0 Å². The van der Waals surface area contributed by atoms with Gasteiger partial charge in [0.1, 0.15) is 22.9 Å². The molecular weight excluding hydrogens is 296 g/mol. The van der Waals surface area contributed by atoms with E-state index in [0.717, 1.165) is 0 Å². The molecule has 0 aliphatic rings. The molecule has 1 heterocycles. The Kier molecular flexibility index (Phi) is 4.49. The van der Waals surface area contributed by atoms with Gasteiger partial charge in [-0.3, -0.25) is 0 Å². The zero-order chi connectivity index (χ0) is 15.4. The van der Waals surface area contributed by atoms with Crippen molar-refractivity contribution in [2.75, 3.05) is 19.5 Å². The number of aromatic nitrogens is 1. The molecular formula is C14H13ClN2O4. The van der Waals surface area contributed by atoms with Crippen molar-refractivity contribution in [3.8, 4) is 11.5 Å². The van der Waals surface area contributed by atoms with Crippen molar-refractivity contribution in [3.63, 3.8) is 0 Å². The van der Waals surface area contributed by atoms with Crippen molar-refractivity contribution >= 4 is 29.1 Å². The number of benzene rings is 1. The van der Waals surface area contributed by atoms with Crippen molar-refractivity contribution in [1.82, 2.24) is 4.98 Å². The molecule has 0 bridgehead atoms. The van der Waals surface area contributed by atoms with Crippen LogP contribution in [-0.2, 0) is 0 Å². The number of carboxylic acids is 1. The van der Waals surface area contributed by atoms with Crippen LogP contribution in [0.2, 0.25) is 5.02 Å². The summed E-state index contributed by atoms with van der Waals surface area (Å²) in [6.07, 6.45) is 1.49. The Morgan fingerprint density at radius 3 is 2.62 bits per heavy atom. The lowest BCUT2D eigenvalue weighted by Crippen LogP contribution is -2.05. The Morgan fingerprint density at radius 2 is 2.00 bits per heavy atom. The topological polar surface area (TPSA) is 80.7 Å². The molecule has 21 heavy (non-hydrogen) atoms. The number of carboxylic acid groups (broad SMARTS) is 1. The van der Waals surface area contributed by atoms with Gasteiger partial charge in [0.05, 0.1) is 24.9 Å². The Morgan fingerprint density at radius 1 is 1.29 bits per heavy atom. The molecule has 2 N–H and O–H groups in total. The first-order valence-corrected chi connectivity index (χ1v) is 6.31. The highest BCUT2D eigenvalue weighted by Gasteiger charge is 2.15. The molecule has 0 atom stereocenters. The van der Waals surface area contributed by atoms with Gasteiger partial charge in [0.15, 0.2) is 0 Å². The number of halogens is 1. The fraction of sp³-hybridized carbons (Fsp3) is 0.143. The van der Waals surface area contributed by atoms with Crippen LogP contribution >= 0.6 is 11.6 Å². The first-order chi connectivity index (χ1) is 10.1. The van der Waals surface area contributed by atoms with E-state index in [9.17, 15) is 4.79 Å². The lowest BCUT2D eigenvalue weighted by atomic mass is 10.2. The maximum Gasteiger partial charge on any atom is 0.339 e. The van der Waals surface area contributed by atoms with Crippen molar-refractivity contribution in [3.05, 3.63) is 41.0 Å². The molecule has 0 radical (unpaired) electrons. The predicted octanol–water partition coefficient (Wildman–Crippen LogP) is 3.19. The second-order valence-electron chi connectivity index (χ2n) is 4.02. The molecule has 0 saturated carbocycles. The van der Waals surface area contributed by atoms with Gasteiger partial charge >= 0.3 is 5.97 Å². The number of nitrogens with one attached hydrogen (secondary N) is 1. The minimum Gasteiger partial charge on any atom is -0.495 e. The summed E-state index contributed by atoms with van der Waals surface area (Å²) in [7, 11) is 2.99. The smallest absolute Gasteiger partial charge is 0.339 e. The normalized spacial score (nSPS) is 10.0. The molecule has 6 nitrogen and oxygen atoms in total. The van der Waals surface area contributed by atoms with E-state index in [1.807, 2.05) is 0 Å². The molecule has 0 aliphatic carbocycles. The zero-order valence-corrected chi connectivity index (χ0v) is 12.1. The average Bonchev–Trinajstić information content (AvgIpc) is 2.48. The number of carbonyl (C=O) groups is 1. The SMILES string of the molecule is COc1cc(OC)c(Nc2ncccc2C(=O)O)cc1Cl. The Bertz CT molecular complexity index is 676. The molecule has 1 aromatic carbocycles.